The molecule has 0 unspecified atom stereocenters. The molecule has 0 radical (unpaired) electrons. The second-order valence-corrected chi connectivity index (χ2v) is 5.90. The number of carbonyl (C=O) groups excluding carboxylic acids is 1. The molecule has 4 rings (SSSR count). The molecule has 0 saturated heterocycles. The van der Waals surface area contributed by atoms with Gasteiger partial charge in [0.2, 0.25) is 11.0 Å². The number of fused-ring (bicyclic) bond motifs is 1. The summed E-state index contributed by atoms with van der Waals surface area (Å²) in [6.45, 7) is 0. The summed E-state index contributed by atoms with van der Waals surface area (Å²) >= 11 is 1.10. The molecule has 0 fully saturated rings. The standard InChI is InChI=1S/C16H10N4O3S/c21-14-12(8-9-4-3-7-23-9)24-16(18-14)20-19-13-10-5-1-2-6-11(10)17-15(13)22/h1-8,17,22H/b12-8-,20-19?. The fraction of sp³-hybridized carbons (Fsp3) is 0. The number of rotatable bonds is 2. The number of amidine groups is 1. The first-order valence-corrected chi connectivity index (χ1v) is 7.80. The molecule has 2 N–H and O–H groups in total. The number of amides is 1. The van der Waals surface area contributed by atoms with E-state index in [9.17, 15) is 9.90 Å². The van der Waals surface area contributed by atoms with Crippen LogP contribution < -0.4 is 0 Å². The van der Waals surface area contributed by atoms with E-state index in [0.29, 0.717) is 16.4 Å². The molecule has 3 heterocycles. The molecule has 7 nitrogen and oxygen atoms in total. The molecule has 118 valence electrons. The minimum absolute atomic E-state index is 0.0822. The van der Waals surface area contributed by atoms with Crippen LogP contribution in [0.2, 0.25) is 0 Å². The van der Waals surface area contributed by atoms with Crippen LogP contribution in [0.15, 0.2) is 67.2 Å². The smallest absolute Gasteiger partial charge is 0.286 e. The second kappa shape index (κ2) is 5.82. The van der Waals surface area contributed by atoms with E-state index < -0.39 is 5.91 Å². The second-order valence-electron chi connectivity index (χ2n) is 4.89. The Morgan fingerprint density at radius 3 is 2.92 bits per heavy atom. The van der Waals surface area contributed by atoms with Crippen molar-refractivity contribution in [2.75, 3.05) is 0 Å². The number of aromatic amines is 1. The highest BCUT2D eigenvalue weighted by molar-refractivity contribution is 8.18. The first kappa shape index (κ1) is 14.5. The van der Waals surface area contributed by atoms with Gasteiger partial charge in [0, 0.05) is 11.5 Å². The van der Waals surface area contributed by atoms with Crippen molar-refractivity contribution in [2.45, 2.75) is 0 Å². The first-order chi connectivity index (χ1) is 11.7. The minimum Gasteiger partial charge on any atom is -0.493 e. The van der Waals surface area contributed by atoms with Crippen LogP contribution in [0.3, 0.4) is 0 Å². The SMILES string of the molecule is O=C1N=C(N=Nc2c(O)[nH]c3ccccc23)S/C1=C\c1ccco1. The van der Waals surface area contributed by atoms with E-state index in [1.54, 1.807) is 18.2 Å². The molecule has 0 aliphatic carbocycles. The summed E-state index contributed by atoms with van der Waals surface area (Å²) in [5.41, 5.74) is 1.06. The highest BCUT2D eigenvalue weighted by Gasteiger charge is 2.22. The lowest BCUT2D eigenvalue weighted by Crippen LogP contribution is -1.86. The van der Waals surface area contributed by atoms with Crippen molar-refractivity contribution < 1.29 is 14.3 Å². The third-order valence-corrected chi connectivity index (χ3v) is 4.19. The molecule has 8 heteroatoms. The molecule has 2 aromatic heterocycles. The number of nitrogens with one attached hydrogen (secondary N) is 1. The van der Waals surface area contributed by atoms with Gasteiger partial charge in [-0.05, 0) is 30.0 Å². The number of azo groups is 1. The molecule has 1 amide bonds. The number of aliphatic imine (C=N–C) groups is 1. The van der Waals surface area contributed by atoms with Gasteiger partial charge in [-0.15, -0.1) is 10.2 Å². The van der Waals surface area contributed by atoms with Gasteiger partial charge < -0.3 is 14.5 Å². The quantitative estimate of drug-likeness (QED) is 0.539. The lowest BCUT2D eigenvalue weighted by molar-refractivity contribution is -0.113. The summed E-state index contributed by atoms with van der Waals surface area (Å²) in [6, 6.07) is 10.8. The maximum atomic E-state index is 11.9. The first-order valence-electron chi connectivity index (χ1n) is 6.98. The van der Waals surface area contributed by atoms with Gasteiger partial charge in [0.25, 0.3) is 5.91 Å². The number of aromatic nitrogens is 1. The number of hydrogen-bond donors (Lipinski definition) is 2. The van der Waals surface area contributed by atoms with E-state index in [1.807, 2.05) is 24.3 Å². The van der Waals surface area contributed by atoms with Crippen molar-refractivity contribution >= 4 is 45.5 Å². The summed E-state index contributed by atoms with van der Waals surface area (Å²) < 4.78 is 5.18. The summed E-state index contributed by atoms with van der Waals surface area (Å²) in [5.74, 6) is 0.0863. The zero-order valence-corrected chi connectivity index (χ0v) is 12.9. The average molecular weight is 338 g/mol. The summed E-state index contributed by atoms with van der Waals surface area (Å²) in [4.78, 5) is 18.9. The predicted molar refractivity (Wildman–Crippen MR) is 91.2 cm³/mol. The van der Waals surface area contributed by atoms with Crippen molar-refractivity contribution in [1.29, 1.82) is 0 Å². The largest absolute Gasteiger partial charge is 0.493 e. The molecule has 1 aliphatic heterocycles. The Morgan fingerprint density at radius 1 is 1.21 bits per heavy atom. The number of benzene rings is 1. The Hall–Kier alpha value is -3.13. The Bertz CT molecular complexity index is 1020. The Balaban J connectivity index is 1.59. The van der Waals surface area contributed by atoms with Crippen molar-refractivity contribution in [1.82, 2.24) is 4.98 Å². The van der Waals surface area contributed by atoms with Crippen LogP contribution in [0.25, 0.3) is 17.0 Å². The zero-order valence-electron chi connectivity index (χ0n) is 12.1. The topological polar surface area (TPSA) is 103 Å². The molecular formula is C16H10N4O3S. The molecule has 0 atom stereocenters. The Morgan fingerprint density at radius 2 is 2.08 bits per heavy atom. The summed E-state index contributed by atoms with van der Waals surface area (Å²) in [6.07, 6.45) is 3.12. The predicted octanol–water partition coefficient (Wildman–Crippen LogP) is 4.22. The lowest BCUT2D eigenvalue weighted by atomic mass is 10.2. The van der Waals surface area contributed by atoms with Gasteiger partial charge in [0.05, 0.1) is 16.7 Å². The number of furan rings is 1. The van der Waals surface area contributed by atoms with Crippen LogP contribution in [0.4, 0.5) is 5.69 Å². The van der Waals surface area contributed by atoms with Gasteiger partial charge in [-0.25, -0.2) is 0 Å². The minimum atomic E-state index is -0.395. The molecule has 24 heavy (non-hydrogen) atoms. The van der Waals surface area contributed by atoms with Crippen LogP contribution in [-0.4, -0.2) is 21.2 Å². The molecular weight excluding hydrogens is 328 g/mol. The van der Waals surface area contributed by atoms with Crippen LogP contribution in [0, 0.1) is 0 Å². The van der Waals surface area contributed by atoms with Crippen LogP contribution in [0.5, 0.6) is 5.88 Å². The molecule has 3 aromatic rings. The van der Waals surface area contributed by atoms with E-state index in [4.69, 9.17) is 4.42 Å². The zero-order chi connectivity index (χ0) is 16.5. The highest BCUT2D eigenvalue weighted by Crippen LogP contribution is 2.36. The van der Waals surface area contributed by atoms with E-state index in [-0.39, 0.29) is 11.0 Å². The summed E-state index contributed by atoms with van der Waals surface area (Å²) in [7, 11) is 0. The number of nitrogens with zero attached hydrogens (tertiary/aromatic N) is 3. The van der Waals surface area contributed by atoms with Gasteiger partial charge in [0.1, 0.15) is 5.76 Å². The summed E-state index contributed by atoms with van der Waals surface area (Å²) in [5, 5.41) is 18.9. The van der Waals surface area contributed by atoms with Crippen molar-refractivity contribution in [3.8, 4) is 5.88 Å². The number of hydrogen-bond acceptors (Lipinski definition) is 6. The van der Waals surface area contributed by atoms with E-state index >= 15 is 0 Å². The molecule has 0 spiro atoms. The van der Waals surface area contributed by atoms with E-state index in [1.165, 1.54) is 6.26 Å². The van der Waals surface area contributed by atoms with Crippen molar-refractivity contribution in [3.63, 3.8) is 0 Å². The van der Waals surface area contributed by atoms with Gasteiger partial charge in [-0.2, -0.15) is 4.99 Å². The average Bonchev–Trinajstić information content (AvgIpc) is 3.26. The van der Waals surface area contributed by atoms with E-state index in [0.717, 1.165) is 22.7 Å². The van der Waals surface area contributed by atoms with Gasteiger partial charge >= 0.3 is 0 Å². The molecule has 1 aromatic carbocycles. The van der Waals surface area contributed by atoms with Crippen LogP contribution >= 0.6 is 11.8 Å². The third-order valence-electron chi connectivity index (χ3n) is 3.32. The number of thioether (sulfide) groups is 1. The molecule has 0 bridgehead atoms. The number of carbonyl (C=O) groups is 1. The van der Waals surface area contributed by atoms with Gasteiger partial charge in [0.15, 0.2) is 5.69 Å². The van der Waals surface area contributed by atoms with Crippen molar-refractivity contribution in [2.24, 2.45) is 15.2 Å². The fourth-order valence-corrected chi connectivity index (χ4v) is 2.97. The van der Waals surface area contributed by atoms with E-state index in [2.05, 4.69) is 20.2 Å². The van der Waals surface area contributed by atoms with Crippen LogP contribution in [-0.2, 0) is 4.79 Å². The van der Waals surface area contributed by atoms with Crippen molar-refractivity contribution in [3.05, 3.63) is 53.3 Å². The van der Waals surface area contributed by atoms with Crippen LogP contribution in [0.1, 0.15) is 5.76 Å². The lowest BCUT2D eigenvalue weighted by Gasteiger charge is -1.92. The third kappa shape index (κ3) is 2.63. The normalized spacial score (nSPS) is 16.6. The molecule has 1 aliphatic rings. The Kier molecular flexibility index (Phi) is 3.51. The van der Waals surface area contributed by atoms with Gasteiger partial charge in [-0.1, -0.05) is 18.2 Å². The number of H-pyrrole nitrogens is 1. The maximum absolute atomic E-state index is 11.9. The van der Waals surface area contributed by atoms with Gasteiger partial charge in [-0.3, -0.25) is 4.79 Å². The number of aromatic hydroxyl groups is 1. The number of para-hydroxylation sites is 1. The maximum Gasteiger partial charge on any atom is 0.286 e. The Labute approximate surface area is 139 Å². The fourth-order valence-electron chi connectivity index (χ4n) is 2.25. The molecule has 0 saturated carbocycles. The monoisotopic (exact) mass is 338 g/mol. The highest BCUT2D eigenvalue weighted by atomic mass is 32.2.